The van der Waals surface area contributed by atoms with Gasteiger partial charge in [0.25, 0.3) is 0 Å². The summed E-state index contributed by atoms with van der Waals surface area (Å²) < 4.78 is 11.0. The fourth-order valence-corrected chi connectivity index (χ4v) is 1.76. The third-order valence-corrected chi connectivity index (χ3v) is 3.32. The molecule has 0 heterocycles. The Morgan fingerprint density at radius 1 is 1.26 bits per heavy atom. The van der Waals surface area contributed by atoms with Crippen LogP contribution in [0.25, 0.3) is 0 Å². The number of nitrogens with one attached hydrogen (secondary N) is 2. The van der Waals surface area contributed by atoms with Crippen molar-refractivity contribution in [1.82, 2.24) is 10.6 Å². The molecule has 1 rings (SSSR count). The summed E-state index contributed by atoms with van der Waals surface area (Å²) in [7, 11) is 1.69. The molecule has 0 fully saturated rings. The van der Waals surface area contributed by atoms with Gasteiger partial charge in [0.2, 0.25) is 0 Å². The summed E-state index contributed by atoms with van der Waals surface area (Å²) in [6.45, 7) is 8.53. The number of hydrogen-bond acceptors (Lipinski definition) is 3. The summed E-state index contributed by atoms with van der Waals surface area (Å²) >= 11 is 6.04. The largest absolute Gasteiger partial charge is 0.490 e. The lowest BCUT2D eigenvalue weighted by molar-refractivity contribution is 0.0310. The van der Waals surface area contributed by atoms with Crippen LogP contribution in [0.5, 0.6) is 5.75 Å². The van der Waals surface area contributed by atoms with E-state index in [4.69, 9.17) is 21.1 Å². The number of guanidine groups is 1. The van der Waals surface area contributed by atoms with Gasteiger partial charge in [0.05, 0.1) is 23.7 Å². The number of aliphatic imine (C=N–C) groups is 1. The van der Waals surface area contributed by atoms with Crippen LogP contribution in [0.2, 0.25) is 5.02 Å². The fourth-order valence-electron chi connectivity index (χ4n) is 1.57. The molecule has 0 amide bonds. The molecule has 0 unspecified atom stereocenters. The van der Waals surface area contributed by atoms with E-state index >= 15 is 0 Å². The predicted molar refractivity (Wildman–Crippen MR) is 107 cm³/mol. The van der Waals surface area contributed by atoms with Gasteiger partial charge in [0.1, 0.15) is 12.4 Å². The lowest BCUT2D eigenvalue weighted by atomic mass is 10.1. The summed E-state index contributed by atoms with van der Waals surface area (Å²) in [4.78, 5) is 4.51. The molecule has 0 aliphatic carbocycles. The quantitative estimate of drug-likeness (QED) is 0.273. The second kappa shape index (κ2) is 11.8. The Kier molecular flexibility index (Phi) is 11.4. The second-order valence-corrected chi connectivity index (χ2v) is 5.77. The minimum absolute atomic E-state index is 0. The molecule has 0 spiro atoms. The van der Waals surface area contributed by atoms with Crippen molar-refractivity contribution in [3.63, 3.8) is 0 Å². The highest BCUT2D eigenvalue weighted by Gasteiger charge is 2.15. The van der Waals surface area contributed by atoms with Crippen molar-refractivity contribution in [3.05, 3.63) is 29.3 Å². The molecule has 5 nitrogen and oxygen atoms in total. The van der Waals surface area contributed by atoms with Gasteiger partial charge in [-0.25, -0.2) is 0 Å². The Morgan fingerprint density at radius 3 is 2.57 bits per heavy atom. The number of benzene rings is 1. The van der Waals surface area contributed by atoms with E-state index in [0.717, 1.165) is 12.5 Å². The monoisotopic (exact) mass is 455 g/mol. The number of methoxy groups -OCH3 is 1. The van der Waals surface area contributed by atoms with Crippen LogP contribution in [0.3, 0.4) is 0 Å². The van der Waals surface area contributed by atoms with Gasteiger partial charge in [0.15, 0.2) is 5.96 Å². The van der Waals surface area contributed by atoms with Crippen molar-refractivity contribution >= 4 is 41.5 Å². The molecule has 23 heavy (non-hydrogen) atoms. The highest BCUT2D eigenvalue weighted by molar-refractivity contribution is 14.0. The van der Waals surface area contributed by atoms with Crippen LogP contribution < -0.4 is 15.4 Å². The topological polar surface area (TPSA) is 54.9 Å². The minimum Gasteiger partial charge on any atom is -0.490 e. The zero-order chi connectivity index (χ0) is 16.4. The lowest BCUT2D eigenvalue weighted by Gasteiger charge is -2.21. The molecule has 0 radical (unpaired) electrons. The fraction of sp³-hybridized carbons (Fsp3) is 0.562. The first-order chi connectivity index (χ1) is 10.5. The van der Waals surface area contributed by atoms with E-state index in [1.54, 1.807) is 7.11 Å². The van der Waals surface area contributed by atoms with Crippen LogP contribution in [-0.4, -0.2) is 44.9 Å². The molecule has 0 saturated heterocycles. The zero-order valence-electron chi connectivity index (χ0n) is 14.2. The van der Waals surface area contributed by atoms with Crippen LogP contribution in [0.4, 0.5) is 0 Å². The van der Waals surface area contributed by atoms with Crippen molar-refractivity contribution in [2.24, 2.45) is 4.99 Å². The molecule has 0 aliphatic heterocycles. The van der Waals surface area contributed by atoms with Gasteiger partial charge in [0, 0.05) is 13.7 Å². The average molecular weight is 456 g/mol. The number of rotatable bonds is 8. The summed E-state index contributed by atoms with van der Waals surface area (Å²) in [5.74, 6) is 1.43. The zero-order valence-corrected chi connectivity index (χ0v) is 17.3. The van der Waals surface area contributed by atoms with E-state index in [9.17, 15) is 0 Å². The summed E-state index contributed by atoms with van der Waals surface area (Å²) in [6.07, 6.45) is 0. The highest BCUT2D eigenvalue weighted by Crippen LogP contribution is 2.22. The lowest BCUT2D eigenvalue weighted by Crippen LogP contribution is -2.40. The van der Waals surface area contributed by atoms with Crippen molar-refractivity contribution in [2.75, 3.05) is 33.4 Å². The van der Waals surface area contributed by atoms with Gasteiger partial charge in [-0.1, -0.05) is 23.7 Å². The van der Waals surface area contributed by atoms with Gasteiger partial charge < -0.3 is 20.1 Å². The molecule has 2 N–H and O–H groups in total. The smallest absolute Gasteiger partial charge is 0.191 e. The van der Waals surface area contributed by atoms with Gasteiger partial charge in [-0.2, -0.15) is 0 Å². The van der Waals surface area contributed by atoms with Crippen molar-refractivity contribution in [2.45, 2.75) is 26.4 Å². The Bertz CT molecular complexity index is 484. The van der Waals surface area contributed by atoms with Crippen LogP contribution in [0, 0.1) is 0 Å². The molecule has 0 aromatic heterocycles. The van der Waals surface area contributed by atoms with Crippen LogP contribution in [-0.2, 0) is 4.74 Å². The minimum atomic E-state index is -0.281. The van der Waals surface area contributed by atoms with Crippen LogP contribution in [0.1, 0.15) is 20.8 Å². The summed E-state index contributed by atoms with van der Waals surface area (Å²) in [6, 6.07) is 7.43. The van der Waals surface area contributed by atoms with Gasteiger partial charge >= 0.3 is 0 Å². The first kappa shape index (κ1) is 22.3. The number of para-hydroxylation sites is 1. The molecule has 1 aromatic rings. The Hall–Kier alpha value is -0.730. The maximum atomic E-state index is 6.04. The standard InChI is InChI=1S/C16H26ClN3O2.HI/c1-5-18-15(20-12-16(2,3)21-4)19-10-11-22-14-9-7-6-8-13(14)17;/h6-9H,5,10-12H2,1-4H3,(H2,18,19,20);1H. The molecule has 1 aromatic carbocycles. The Labute approximate surface area is 161 Å². The van der Waals surface area contributed by atoms with Crippen molar-refractivity contribution < 1.29 is 9.47 Å². The van der Waals surface area contributed by atoms with E-state index in [0.29, 0.717) is 30.5 Å². The second-order valence-electron chi connectivity index (χ2n) is 5.36. The van der Waals surface area contributed by atoms with Gasteiger partial charge in [-0.3, -0.25) is 4.99 Å². The SMILES string of the molecule is CCNC(=NCC(C)(C)OC)NCCOc1ccccc1Cl.I. The number of ether oxygens (including phenoxy) is 2. The highest BCUT2D eigenvalue weighted by atomic mass is 127. The van der Waals surface area contributed by atoms with Crippen molar-refractivity contribution in [3.8, 4) is 5.75 Å². The summed E-state index contributed by atoms with van der Waals surface area (Å²) in [5.41, 5.74) is -0.281. The third kappa shape index (κ3) is 9.22. The number of nitrogens with zero attached hydrogens (tertiary/aromatic N) is 1. The number of halogens is 2. The maximum Gasteiger partial charge on any atom is 0.191 e. The normalized spacial score (nSPS) is 11.6. The third-order valence-electron chi connectivity index (χ3n) is 3.00. The molecule has 0 aliphatic rings. The maximum absolute atomic E-state index is 6.04. The van der Waals surface area contributed by atoms with E-state index in [1.165, 1.54) is 0 Å². The molecular formula is C16H27ClIN3O2. The van der Waals surface area contributed by atoms with E-state index in [-0.39, 0.29) is 29.6 Å². The Balaban J connectivity index is 0.00000484. The first-order valence-corrected chi connectivity index (χ1v) is 7.81. The van der Waals surface area contributed by atoms with E-state index in [1.807, 2.05) is 45.0 Å². The molecule has 0 bridgehead atoms. The van der Waals surface area contributed by atoms with Gasteiger partial charge in [-0.15, -0.1) is 24.0 Å². The average Bonchev–Trinajstić information content (AvgIpc) is 2.50. The summed E-state index contributed by atoms with van der Waals surface area (Å²) in [5, 5.41) is 7.03. The van der Waals surface area contributed by atoms with Gasteiger partial charge in [-0.05, 0) is 32.9 Å². The predicted octanol–water partition coefficient (Wildman–Crippen LogP) is 3.32. The van der Waals surface area contributed by atoms with Crippen LogP contribution >= 0.6 is 35.6 Å². The Morgan fingerprint density at radius 2 is 1.96 bits per heavy atom. The molecule has 0 atom stereocenters. The first-order valence-electron chi connectivity index (χ1n) is 7.43. The van der Waals surface area contributed by atoms with E-state index in [2.05, 4.69) is 15.6 Å². The molecular weight excluding hydrogens is 429 g/mol. The van der Waals surface area contributed by atoms with Crippen molar-refractivity contribution in [1.29, 1.82) is 0 Å². The van der Waals surface area contributed by atoms with Crippen LogP contribution in [0.15, 0.2) is 29.3 Å². The van der Waals surface area contributed by atoms with E-state index < -0.39 is 0 Å². The molecule has 132 valence electrons. The molecule has 0 saturated carbocycles. The number of hydrogen-bond donors (Lipinski definition) is 2. The molecule has 7 heteroatoms.